The molecular weight excluding hydrogens is 442 g/mol. The molecule has 0 radical (unpaired) electrons. The van der Waals surface area contributed by atoms with E-state index in [4.69, 9.17) is 16.3 Å². The van der Waals surface area contributed by atoms with Gasteiger partial charge in [0.15, 0.2) is 6.29 Å². The van der Waals surface area contributed by atoms with Crippen LogP contribution in [0.4, 0.5) is 17.1 Å². The number of carbonyl (C=O) groups excluding carboxylic acids is 1. The number of anilines is 3. The number of methoxy groups -OCH3 is 1. The van der Waals surface area contributed by atoms with Crippen LogP contribution in [0.3, 0.4) is 0 Å². The fraction of sp³-hybridized carbons (Fsp3) is 0.200. The molecule has 0 bridgehead atoms. The third-order valence-corrected chi connectivity index (χ3v) is 5.65. The van der Waals surface area contributed by atoms with Gasteiger partial charge >= 0.3 is 0 Å². The highest BCUT2D eigenvalue weighted by Gasteiger charge is 2.22. The van der Waals surface area contributed by atoms with Crippen molar-refractivity contribution >= 4 is 45.9 Å². The van der Waals surface area contributed by atoms with Crippen molar-refractivity contribution in [3.63, 3.8) is 0 Å². The molecule has 0 fully saturated rings. The van der Waals surface area contributed by atoms with Gasteiger partial charge in [-0.25, -0.2) is 0 Å². The maximum Gasteiger partial charge on any atom is 0.253 e. The molecule has 1 heterocycles. The Morgan fingerprint density at radius 1 is 1.09 bits per heavy atom. The number of aldehydes is 1. The number of pyridine rings is 1. The largest absolute Gasteiger partial charge is 0.496 e. The molecule has 8 heteroatoms. The Morgan fingerprint density at radius 2 is 1.85 bits per heavy atom. The molecule has 0 aliphatic heterocycles. The van der Waals surface area contributed by atoms with Gasteiger partial charge < -0.3 is 15.4 Å². The maximum absolute atomic E-state index is 12.0. The molecule has 4 rings (SSSR count). The first-order chi connectivity index (χ1) is 15.8. The second-order valence-electron chi connectivity index (χ2n) is 8.02. The van der Waals surface area contributed by atoms with Gasteiger partial charge in [-0.2, -0.15) is 0 Å². The number of benzene rings is 2. The summed E-state index contributed by atoms with van der Waals surface area (Å²) in [6, 6.07) is 10.9. The predicted octanol–water partition coefficient (Wildman–Crippen LogP) is 4.46. The molecular formula is C25H22ClN3O4. The molecule has 168 valence electrons. The number of hydrogen-bond donors (Lipinski definition) is 2. The predicted molar refractivity (Wildman–Crippen MR) is 131 cm³/mol. The minimum Gasteiger partial charge on any atom is -0.496 e. The number of nitrogens with zero attached hydrogens (tertiary/aromatic N) is 1. The SMILES string of the molecule is COc1cc2nccc(Cc3ccc(Nc4c(NC(C)C)c(=O)c4=O)c(Cl)c3)c2cc1C=O. The number of nitrogens with one attached hydrogen (secondary N) is 2. The molecule has 0 unspecified atom stereocenters. The van der Waals surface area contributed by atoms with E-state index in [1.54, 1.807) is 30.5 Å². The van der Waals surface area contributed by atoms with Crippen LogP contribution in [0.25, 0.3) is 10.9 Å². The molecule has 0 amide bonds. The fourth-order valence-corrected chi connectivity index (χ4v) is 3.98. The lowest BCUT2D eigenvalue weighted by Crippen LogP contribution is -2.38. The molecule has 0 spiro atoms. The highest BCUT2D eigenvalue weighted by molar-refractivity contribution is 6.33. The van der Waals surface area contributed by atoms with Crippen molar-refractivity contribution in [1.82, 2.24) is 4.98 Å². The minimum absolute atomic E-state index is 0.0154. The van der Waals surface area contributed by atoms with Crippen molar-refractivity contribution in [2.45, 2.75) is 26.3 Å². The molecule has 2 N–H and O–H groups in total. The topological polar surface area (TPSA) is 97.4 Å². The third-order valence-electron chi connectivity index (χ3n) is 5.34. The molecule has 33 heavy (non-hydrogen) atoms. The molecule has 0 aliphatic carbocycles. The van der Waals surface area contributed by atoms with E-state index in [-0.39, 0.29) is 17.4 Å². The van der Waals surface area contributed by atoms with Gasteiger partial charge in [-0.3, -0.25) is 19.4 Å². The highest BCUT2D eigenvalue weighted by atomic mass is 35.5. The number of hydrogen-bond acceptors (Lipinski definition) is 7. The summed E-state index contributed by atoms with van der Waals surface area (Å²) in [5, 5.41) is 7.25. The lowest BCUT2D eigenvalue weighted by atomic mass is 9.99. The monoisotopic (exact) mass is 463 g/mol. The lowest BCUT2D eigenvalue weighted by molar-refractivity contribution is 0.112. The van der Waals surface area contributed by atoms with Crippen LogP contribution in [0, 0.1) is 0 Å². The van der Waals surface area contributed by atoms with Gasteiger partial charge in [-0.1, -0.05) is 17.7 Å². The van der Waals surface area contributed by atoms with Crippen LogP contribution >= 0.6 is 11.6 Å². The van der Waals surface area contributed by atoms with Crippen LogP contribution < -0.4 is 26.2 Å². The number of rotatable bonds is 8. The van der Waals surface area contributed by atoms with E-state index in [1.807, 2.05) is 26.0 Å². The van der Waals surface area contributed by atoms with E-state index in [9.17, 15) is 14.4 Å². The molecule has 0 aliphatic rings. The van der Waals surface area contributed by atoms with E-state index in [2.05, 4.69) is 15.6 Å². The minimum atomic E-state index is -0.567. The van der Waals surface area contributed by atoms with Gasteiger partial charge in [0.05, 0.1) is 28.9 Å². The van der Waals surface area contributed by atoms with E-state index < -0.39 is 10.9 Å². The summed E-state index contributed by atoms with van der Waals surface area (Å²) in [5.74, 6) is 0.477. The summed E-state index contributed by atoms with van der Waals surface area (Å²) >= 11 is 6.49. The number of fused-ring (bicyclic) bond motifs is 1. The Morgan fingerprint density at radius 3 is 2.52 bits per heavy atom. The number of ether oxygens (including phenoxy) is 1. The smallest absolute Gasteiger partial charge is 0.253 e. The summed E-state index contributed by atoms with van der Waals surface area (Å²) in [4.78, 5) is 39.7. The van der Waals surface area contributed by atoms with Crippen molar-refractivity contribution in [3.05, 3.63) is 84.8 Å². The zero-order valence-corrected chi connectivity index (χ0v) is 19.1. The Hall–Kier alpha value is -3.71. The first-order valence-corrected chi connectivity index (χ1v) is 10.8. The van der Waals surface area contributed by atoms with Crippen LogP contribution in [0.15, 0.2) is 52.2 Å². The summed E-state index contributed by atoms with van der Waals surface area (Å²) in [7, 11) is 1.51. The number of halogens is 1. The van der Waals surface area contributed by atoms with Crippen molar-refractivity contribution in [3.8, 4) is 5.75 Å². The van der Waals surface area contributed by atoms with E-state index in [1.165, 1.54) is 7.11 Å². The standard InChI is InChI=1S/C25H22ClN3O4/c1-13(2)28-22-23(25(32)24(22)31)29-19-5-4-14(9-18(19)26)8-15-6-7-27-20-11-21(33-3)16(12-30)10-17(15)20/h4-7,9-13,28-29H,8H2,1-3H3. The highest BCUT2D eigenvalue weighted by Crippen LogP contribution is 2.31. The van der Waals surface area contributed by atoms with Crippen LogP contribution in [0.2, 0.25) is 5.02 Å². The zero-order chi connectivity index (χ0) is 23.7. The molecule has 3 aromatic carbocycles. The fourth-order valence-electron chi connectivity index (χ4n) is 3.73. The lowest BCUT2D eigenvalue weighted by Gasteiger charge is -2.18. The maximum atomic E-state index is 12.0. The second-order valence-corrected chi connectivity index (χ2v) is 8.43. The van der Waals surface area contributed by atoms with Gasteiger partial charge in [-0.05, 0) is 55.7 Å². The average Bonchev–Trinajstić information content (AvgIpc) is 2.81. The Bertz CT molecular complexity index is 1440. The van der Waals surface area contributed by atoms with Crippen LogP contribution in [0.1, 0.15) is 35.3 Å². The second kappa shape index (κ2) is 9.03. The number of carbonyl (C=O) groups is 1. The molecule has 4 aromatic rings. The van der Waals surface area contributed by atoms with E-state index in [0.717, 1.165) is 28.3 Å². The Kier molecular flexibility index (Phi) is 6.16. The summed E-state index contributed by atoms with van der Waals surface area (Å²) in [5.41, 5.74) is 3.03. The number of aromatic nitrogens is 1. The Labute approximate surface area is 195 Å². The first-order valence-electron chi connectivity index (χ1n) is 10.4. The molecule has 1 aromatic heterocycles. The van der Waals surface area contributed by atoms with Crippen molar-refractivity contribution in [2.75, 3.05) is 17.7 Å². The van der Waals surface area contributed by atoms with Crippen molar-refractivity contribution in [1.29, 1.82) is 0 Å². The van der Waals surface area contributed by atoms with Crippen molar-refractivity contribution in [2.24, 2.45) is 0 Å². The average molecular weight is 464 g/mol. The van der Waals surface area contributed by atoms with Crippen LogP contribution in [-0.2, 0) is 6.42 Å². The molecule has 7 nitrogen and oxygen atoms in total. The van der Waals surface area contributed by atoms with Crippen molar-refractivity contribution < 1.29 is 9.53 Å². The van der Waals surface area contributed by atoms with Gasteiger partial charge in [0.2, 0.25) is 0 Å². The zero-order valence-electron chi connectivity index (χ0n) is 18.4. The summed E-state index contributed by atoms with van der Waals surface area (Å²) in [6.45, 7) is 3.78. The van der Waals surface area contributed by atoms with Crippen LogP contribution in [0.5, 0.6) is 5.75 Å². The van der Waals surface area contributed by atoms with Crippen LogP contribution in [-0.4, -0.2) is 24.4 Å². The van der Waals surface area contributed by atoms with Gasteiger partial charge in [-0.15, -0.1) is 0 Å². The van der Waals surface area contributed by atoms with Gasteiger partial charge in [0, 0.05) is 23.7 Å². The normalized spacial score (nSPS) is 11.2. The third kappa shape index (κ3) is 4.32. The van der Waals surface area contributed by atoms with Gasteiger partial charge in [0.25, 0.3) is 10.9 Å². The van der Waals surface area contributed by atoms with E-state index >= 15 is 0 Å². The molecule has 0 atom stereocenters. The Balaban J connectivity index is 1.62. The van der Waals surface area contributed by atoms with Gasteiger partial charge in [0.1, 0.15) is 17.1 Å². The first kappa shape index (κ1) is 22.5. The summed E-state index contributed by atoms with van der Waals surface area (Å²) < 4.78 is 5.27. The van der Waals surface area contributed by atoms with E-state index in [0.29, 0.717) is 28.4 Å². The molecule has 0 saturated carbocycles. The molecule has 0 saturated heterocycles. The quantitative estimate of drug-likeness (QED) is 0.294. The summed E-state index contributed by atoms with van der Waals surface area (Å²) in [6.07, 6.45) is 3.03.